The van der Waals surface area contributed by atoms with Crippen molar-refractivity contribution in [3.8, 4) is 11.4 Å². The molecule has 140 valence electrons. The maximum absolute atomic E-state index is 13.0. The Morgan fingerprint density at radius 1 is 1.15 bits per heavy atom. The van der Waals surface area contributed by atoms with Crippen molar-refractivity contribution in [1.29, 1.82) is 0 Å². The van der Waals surface area contributed by atoms with E-state index in [0.717, 1.165) is 5.69 Å². The maximum Gasteiger partial charge on any atom is 0.234 e. The summed E-state index contributed by atoms with van der Waals surface area (Å²) in [4.78, 5) is 14.1. The number of carbonyl (C=O) groups excluding carboxylic acids is 1. The van der Waals surface area contributed by atoms with E-state index in [1.54, 1.807) is 12.1 Å². The highest BCUT2D eigenvalue weighted by Crippen LogP contribution is 2.22. The Morgan fingerprint density at radius 3 is 2.44 bits per heavy atom. The van der Waals surface area contributed by atoms with Crippen molar-refractivity contribution in [3.05, 3.63) is 54.3 Å². The Kier molecular flexibility index (Phi) is 5.60. The molecule has 0 bridgehead atoms. The topological polar surface area (TPSA) is 89.1 Å². The molecule has 1 amide bonds. The minimum atomic E-state index is -0.341. The van der Waals surface area contributed by atoms with Gasteiger partial charge in [-0.3, -0.25) is 4.79 Å². The quantitative estimate of drug-likeness (QED) is 0.500. The van der Waals surface area contributed by atoms with Crippen LogP contribution in [0.1, 0.15) is 0 Å². The second kappa shape index (κ2) is 8.09. The number of benzene rings is 2. The smallest absolute Gasteiger partial charge is 0.234 e. The molecule has 27 heavy (non-hydrogen) atoms. The van der Waals surface area contributed by atoms with Crippen LogP contribution in [0.5, 0.6) is 0 Å². The van der Waals surface area contributed by atoms with E-state index in [0.29, 0.717) is 22.2 Å². The lowest BCUT2D eigenvalue weighted by atomic mass is 10.2. The van der Waals surface area contributed by atoms with Crippen LogP contribution in [0.3, 0.4) is 0 Å². The molecule has 0 unspecified atom stereocenters. The third-order valence-electron chi connectivity index (χ3n) is 3.77. The van der Waals surface area contributed by atoms with Gasteiger partial charge in [0.1, 0.15) is 5.82 Å². The number of nitrogens with two attached hydrogens (primary N) is 1. The van der Waals surface area contributed by atoms with Crippen molar-refractivity contribution in [1.82, 2.24) is 14.9 Å². The molecule has 0 atom stereocenters. The van der Waals surface area contributed by atoms with E-state index in [2.05, 4.69) is 15.5 Å². The van der Waals surface area contributed by atoms with E-state index < -0.39 is 0 Å². The molecule has 1 heterocycles. The molecule has 0 aliphatic carbocycles. The van der Waals surface area contributed by atoms with Crippen molar-refractivity contribution in [2.45, 2.75) is 5.16 Å². The lowest BCUT2D eigenvalue weighted by Crippen LogP contribution is -2.16. The zero-order chi connectivity index (χ0) is 19.4. The lowest BCUT2D eigenvalue weighted by Gasteiger charge is -2.13. The lowest BCUT2D eigenvalue weighted by molar-refractivity contribution is -0.113. The second-order valence-corrected chi connectivity index (χ2v) is 6.90. The molecular formula is C18H19FN6OS. The molecule has 1 aromatic heterocycles. The zero-order valence-electron chi connectivity index (χ0n) is 14.9. The maximum atomic E-state index is 13.0. The van der Waals surface area contributed by atoms with Crippen LogP contribution in [0.2, 0.25) is 0 Å². The molecular weight excluding hydrogens is 367 g/mol. The number of aromatic nitrogens is 3. The molecule has 0 radical (unpaired) electrons. The number of nitrogens with zero attached hydrogens (tertiary/aromatic N) is 4. The fourth-order valence-corrected chi connectivity index (χ4v) is 3.00. The van der Waals surface area contributed by atoms with Gasteiger partial charge in [0.25, 0.3) is 0 Å². The number of nitrogen functional groups attached to an aromatic ring is 1. The number of nitrogens with one attached hydrogen (secondary N) is 1. The summed E-state index contributed by atoms with van der Waals surface area (Å²) >= 11 is 1.17. The van der Waals surface area contributed by atoms with Crippen LogP contribution in [0.4, 0.5) is 15.8 Å². The normalized spacial score (nSPS) is 10.6. The van der Waals surface area contributed by atoms with Crippen LogP contribution in [0.15, 0.2) is 53.7 Å². The Balaban J connectivity index is 1.60. The third-order valence-corrected chi connectivity index (χ3v) is 4.71. The molecule has 0 fully saturated rings. The number of amides is 1. The van der Waals surface area contributed by atoms with Crippen LogP contribution < -0.4 is 16.1 Å². The number of carbonyl (C=O) groups is 1. The number of hydrogen-bond donors (Lipinski definition) is 2. The first-order chi connectivity index (χ1) is 12.9. The molecule has 7 nitrogen and oxygen atoms in total. The van der Waals surface area contributed by atoms with E-state index in [4.69, 9.17) is 5.84 Å². The van der Waals surface area contributed by atoms with E-state index >= 15 is 0 Å². The largest absolute Gasteiger partial charge is 0.378 e. The van der Waals surface area contributed by atoms with Crippen LogP contribution in [-0.2, 0) is 4.79 Å². The second-order valence-electron chi connectivity index (χ2n) is 5.96. The first kappa shape index (κ1) is 18.7. The zero-order valence-corrected chi connectivity index (χ0v) is 15.7. The monoisotopic (exact) mass is 386 g/mol. The van der Waals surface area contributed by atoms with Crippen molar-refractivity contribution >= 4 is 29.0 Å². The van der Waals surface area contributed by atoms with Crippen LogP contribution in [0, 0.1) is 5.82 Å². The average Bonchev–Trinajstić information content (AvgIpc) is 3.02. The van der Waals surface area contributed by atoms with E-state index in [1.165, 1.54) is 28.6 Å². The molecule has 3 aromatic rings. The minimum absolute atomic E-state index is 0.133. The number of thioether (sulfide) groups is 1. The van der Waals surface area contributed by atoms with Gasteiger partial charge in [0.05, 0.1) is 5.75 Å². The Hall–Kier alpha value is -3.07. The molecule has 0 spiro atoms. The summed E-state index contributed by atoms with van der Waals surface area (Å²) in [5.41, 5.74) is 2.41. The number of hydrogen-bond acceptors (Lipinski definition) is 6. The van der Waals surface area contributed by atoms with Crippen molar-refractivity contribution in [2.75, 3.05) is 35.9 Å². The van der Waals surface area contributed by atoms with Gasteiger partial charge in [-0.25, -0.2) is 9.07 Å². The van der Waals surface area contributed by atoms with Gasteiger partial charge in [-0.2, -0.15) is 0 Å². The molecule has 0 aliphatic heterocycles. The summed E-state index contributed by atoms with van der Waals surface area (Å²) in [6.07, 6.45) is 0. The van der Waals surface area contributed by atoms with Gasteiger partial charge < -0.3 is 16.1 Å². The fraction of sp³-hybridized carbons (Fsp3) is 0.167. The third kappa shape index (κ3) is 4.56. The summed E-state index contributed by atoms with van der Waals surface area (Å²) in [5.74, 6) is 6.01. The van der Waals surface area contributed by atoms with Gasteiger partial charge in [0.15, 0.2) is 5.82 Å². The molecule has 0 saturated heterocycles. The van der Waals surface area contributed by atoms with Crippen LogP contribution in [0.25, 0.3) is 11.4 Å². The summed E-state index contributed by atoms with van der Waals surface area (Å²) in [5, 5.41) is 11.2. The fourth-order valence-electron chi connectivity index (χ4n) is 2.34. The summed E-state index contributed by atoms with van der Waals surface area (Å²) in [6, 6.07) is 13.3. The van der Waals surface area contributed by atoms with Crippen molar-refractivity contribution in [2.24, 2.45) is 0 Å². The highest BCUT2D eigenvalue weighted by Gasteiger charge is 2.14. The van der Waals surface area contributed by atoms with Gasteiger partial charge in [-0.15, -0.1) is 10.2 Å². The minimum Gasteiger partial charge on any atom is -0.378 e. The van der Waals surface area contributed by atoms with Crippen LogP contribution in [-0.4, -0.2) is 40.6 Å². The number of rotatable bonds is 6. The predicted octanol–water partition coefficient (Wildman–Crippen LogP) is 2.59. The molecule has 2 aromatic carbocycles. The first-order valence-corrected chi connectivity index (χ1v) is 9.09. The number of anilines is 2. The highest BCUT2D eigenvalue weighted by molar-refractivity contribution is 7.99. The molecule has 9 heteroatoms. The summed E-state index contributed by atoms with van der Waals surface area (Å²) < 4.78 is 14.3. The van der Waals surface area contributed by atoms with Gasteiger partial charge >= 0.3 is 0 Å². The molecule has 3 N–H and O–H groups in total. The van der Waals surface area contributed by atoms with Gasteiger partial charge in [0.2, 0.25) is 11.1 Å². The Morgan fingerprint density at radius 2 is 1.81 bits per heavy atom. The van der Waals surface area contributed by atoms with Gasteiger partial charge in [-0.05, 0) is 48.5 Å². The molecule has 0 saturated carbocycles. The van der Waals surface area contributed by atoms with E-state index in [-0.39, 0.29) is 17.5 Å². The van der Waals surface area contributed by atoms with Crippen molar-refractivity contribution in [3.63, 3.8) is 0 Å². The predicted molar refractivity (Wildman–Crippen MR) is 106 cm³/mol. The summed E-state index contributed by atoms with van der Waals surface area (Å²) in [7, 11) is 3.90. The standard InChI is InChI=1S/C18H19FN6OS/c1-24(2)15-9-7-14(8-10-15)21-16(26)11-27-18-23-22-17(25(18)20)12-3-5-13(19)6-4-12/h3-10H,11,20H2,1-2H3,(H,21,26). The highest BCUT2D eigenvalue weighted by atomic mass is 32.2. The van der Waals surface area contributed by atoms with Crippen LogP contribution >= 0.6 is 11.8 Å². The van der Waals surface area contributed by atoms with E-state index in [9.17, 15) is 9.18 Å². The first-order valence-electron chi connectivity index (χ1n) is 8.10. The average molecular weight is 386 g/mol. The Bertz CT molecular complexity index is 924. The van der Waals surface area contributed by atoms with Gasteiger partial charge in [-0.1, -0.05) is 11.8 Å². The molecule has 0 aliphatic rings. The van der Waals surface area contributed by atoms with Crippen molar-refractivity contribution < 1.29 is 9.18 Å². The van der Waals surface area contributed by atoms with E-state index in [1.807, 2.05) is 43.3 Å². The Labute approximate surface area is 160 Å². The SMILES string of the molecule is CN(C)c1ccc(NC(=O)CSc2nnc(-c3ccc(F)cc3)n2N)cc1. The molecule has 3 rings (SSSR count). The van der Waals surface area contributed by atoms with Gasteiger partial charge in [0, 0.05) is 31.0 Å². The number of halogens is 1. The summed E-state index contributed by atoms with van der Waals surface area (Å²) in [6.45, 7) is 0.